The number of nitrogens with one attached hydrogen (secondary N) is 1. The molecule has 0 aromatic heterocycles. The summed E-state index contributed by atoms with van der Waals surface area (Å²) in [6.07, 6.45) is 2.67. The van der Waals surface area contributed by atoms with Crippen LogP contribution in [0.2, 0.25) is 0 Å². The fraction of sp³-hybridized carbons (Fsp3) is 0.480. The Morgan fingerprint density at radius 2 is 1.91 bits per heavy atom. The minimum absolute atomic E-state index is 0.0135. The average Bonchev–Trinajstić information content (AvgIpc) is 2.81. The van der Waals surface area contributed by atoms with Crippen LogP contribution in [0, 0.1) is 5.82 Å². The van der Waals surface area contributed by atoms with Crippen molar-refractivity contribution in [2.75, 3.05) is 26.3 Å². The lowest BCUT2D eigenvalue weighted by Gasteiger charge is -2.38. The summed E-state index contributed by atoms with van der Waals surface area (Å²) in [7, 11) is -3.59. The van der Waals surface area contributed by atoms with Gasteiger partial charge in [-0.2, -0.15) is 4.31 Å². The van der Waals surface area contributed by atoms with Crippen LogP contribution in [0.4, 0.5) is 4.39 Å². The van der Waals surface area contributed by atoms with Crippen LogP contribution in [0.15, 0.2) is 48.5 Å². The molecule has 6 nitrogen and oxygen atoms in total. The number of hydrogen-bond donors (Lipinski definition) is 1. The fourth-order valence-electron chi connectivity index (χ4n) is 4.90. The average molecular weight is 475 g/mol. The molecule has 1 atom stereocenters. The summed E-state index contributed by atoms with van der Waals surface area (Å²) in [5.74, 6) is -0.542. The maximum Gasteiger partial charge on any atom is 0.221 e. The van der Waals surface area contributed by atoms with Crippen molar-refractivity contribution in [2.45, 2.75) is 49.8 Å². The summed E-state index contributed by atoms with van der Waals surface area (Å²) in [6, 6.07) is 14.3. The lowest BCUT2D eigenvalue weighted by molar-refractivity contribution is -0.119. The molecule has 2 fully saturated rings. The Kier molecular flexibility index (Phi) is 7.16. The van der Waals surface area contributed by atoms with Gasteiger partial charge < -0.3 is 10.1 Å². The highest BCUT2D eigenvalue weighted by Crippen LogP contribution is 2.37. The highest BCUT2D eigenvalue weighted by Gasteiger charge is 2.38. The first-order chi connectivity index (χ1) is 15.8. The zero-order valence-corrected chi connectivity index (χ0v) is 19.7. The van der Waals surface area contributed by atoms with Gasteiger partial charge in [0.1, 0.15) is 11.1 Å². The molecule has 2 aromatic rings. The van der Waals surface area contributed by atoms with Gasteiger partial charge in [0.25, 0.3) is 0 Å². The molecule has 1 N–H and O–H groups in total. The first-order valence-corrected chi connectivity index (χ1v) is 13.0. The van der Waals surface area contributed by atoms with E-state index in [0.29, 0.717) is 51.1 Å². The van der Waals surface area contributed by atoms with Crippen LogP contribution in [0.1, 0.15) is 54.5 Å². The van der Waals surface area contributed by atoms with Gasteiger partial charge in [0.2, 0.25) is 15.9 Å². The number of benzene rings is 2. The zero-order chi connectivity index (χ0) is 23.5. The van der Waals surface area contributed by atoms with Crippen molar-refractivity contribution in [1.29, 1.82) is 0 Å². The number of hydrogen-bond acceptors (Lipinski definition) is 4. The zero-order valence-electron chi connectivity index (χ0n) is 18.9. The van der Waals surface area contributed by atoms with Gasteiger partial charge in [-0.1, -0.05) is 42.5 Å². The normalized spacial score (nSPS) is 22.5. The van der Waals surface area contributed by atoms with Crippen LogP contribution in [0.25, 0.3) is 0 Å². The van der Waals surface area contributed by atoms with Gasteiger partial charge in [-0.05, 0) is 42.9 Å². The van der Waals surface area contributed by atoms with Crippen LogP contribution in [-0.2, 0) is 31.5 Å². The topological polar surface area (TPSA) is 75.7 Å². The van der Waals surface area contributed by atoms with E-state index in [2.05, 4.69) is 5.32 Å². The highest BCUT2D eigenvalue weighted by atomic mass is 32.2. The lowest BCUT2D eigenvalue weighted by atomic mass is 9.74. The predicted octanol–water partition coefficient (Wildman–Crippen LogP) is 3.68. The van der Waals surface area contributed by atoms with Gasteiger partial charge in [0.15, 0.2) is 0 Å². The second-order valence-corrected chi connectivity index (χ2v) is 11.1. The quantitative estimate of drug-likeness (QED) is 0.693. The van der Waals surface area contributed by atoms with Gasteiger partial charge in [-0.15, -0.1) is 0 Å². The number of amides is 1. The summed E-state index contributed by atoms with van der Waals surface area (Å²) in [5.41, 5.74) is 1.55. The number of sulfonamides is 1. The molecule has 0 spiro atoms. The Balaban J connectivity index is 1.56. The van der Waals surface area contributed by atoms with Crippen molar-refractivity contribution < 1.29 is 22.3 Å². The molecule has 4 rings (SSSR count). The van der Waals surface area contributed by atoms with Crippen molar-refractivity contribution in [1.82, 2.24) is 9.62 Å². The van der Waals surface area contributed by atoms with E-state index in [1.165, 1.54) is 17.3 Å². The summed E-state index contributed by atoms with van der Waals surface area (Å²) >= 11 is 0. The first-order valence-electron chi connectivity index (χ1n) is 11.5. The van der Waals surface area contributed by atoms with E-state index in [9.17, 15) is 13.2 Å². The Morgan fingerprint density at radius 3 is 2.58 bits per heavy atom. The summed E-state index contributed by atoms with van der Waals surface area (Å²) in [4.78, 5) is 11.5. The van der Waals surface area contributed by atoms with Gasteiger partial charge in [0, 0.05) is 50.8 Å². The monoisotopic (exact) mass is 474 g/mol. The third kappa shape index (κ3) is 5.13. The Bertz CT molecular complexity index is 1080. The molecule has 2 aliphatic heterocycles. The molecule has 178 valence electrons. The van der Waals surface area contributed by atoms with E-state index < -0.39 is 21.1 Å². The molecular formula is C25H31FN2O4S. The summed E-state index contributed by atoms with van der Waals surface area (Å²) in [6.45, 7) is 3.39. The molecule has 2 aromatic carbocycles. The molecule has 2 aliphatic rings. The standard InChI is InChI=1S/C25H31FN2O4S/c1-19(29)27-18-25(11-14-32-15-12-25)22-10-9-21(23(26)16-22)17-28-13-5-8-24(33(28,30)31)20-6-3-2-4-7-20/h2-4,6-7,9-10,16,24H,5,8,11-15,17-18H2,1H3,(H,27,29)/t24-/m1/s1. The smallest absolute Gasteiger partial charge is 0.221 e. The molecular weight excluding hydrogens is 443 g/mol. The van der Waals surface area contributed by atoms with E-state index in [1.807, 2.05) is 36.4 Å². The molecule has 0 unspecified atom stereocenters. The number of carbonyl (C=O) groups excluding carboxylic acids is 1. The minimum Gasteiger partial charge on any atom is -0.381 e. The van der Waals surface area contributed by atoms with Crippen molar-refractivity contribution >= 4 is 15.9 Å². The molecule has 0 aliphatic carbocycles. The fourth-order valence-corrected chi connectivity index (χ4v) is 6.93. The van der Waals surface area contributed by atoms with Crippen LogP contribution in [0.3, 0.4) is 0 Å². The van der Waals surface area contributed by atoms with E-state index in [4.69, 9.17) is 4.74 Å². The number of rotatable bonds is 6. The van der Waals surface area contributed by atoms with Gasteiger partial charge in [0.05, 0.1) is 0 Å². The van der Waals surface area contributed by atoms with Gasteiger partial charge in [-0.25, -0.2) is 12.8 Å². The second kappa shape index (κ2) is 9.91. The molecule has 0 saturated carbocycles. The second-order valence-electron chi connectivity index (χ2n) is 9.03. The third-order valence-electron chi connectivity index (χ3n) is 6.90. The van der Waals surface area contributed by atoms with Crippen LogP contribution in [-0.4, -0.2) is 44.9 Å². The molecule has 8 heteroatoms. The maximum atomic E-state index is 15.3. The number of carbonyl (C=O) groups is 1. The lowest BCUT2D eigenvalue weighted by Crippen LogP contribution is -2.44. The van der Waals surface area contributed by atoms with E-state index in [0.717, 1.165) is 17.5 Å². The Morgan fingerprint density at radius 1 is 1.18 bits per heavy atom. The summed E-state index contributed by atoms with van der Waals surface area (Å²) in [5, 5.41) is 2.28. The molecule has 2 saturated heterocycles. The molecule has 0 radical (unpaired) electrons. The Hall–Kier alpha value is -2.29. The van der Waals surface area contributed by atoms with Crippen LogP contribution in [0.5, 0.6) is 0 Å². The van der Waals surface area contributed by atoms with Crippen molar-refractivity contribution in [2.24, 2.45) is 0 Å². The SMILES string of the molecule is CC(=O)NCC1(c2ccc(CN3CCC[C@H](c4ccccc4)S3(=O)=O)c(F)c2)CCOCC1. The first kappa shape index (κ1) is 23.9. The van der Waals surface area contributed by atoms with E-state index >= 15 is 4.39 Å². The van der Waals surface area contributed by atoms with Crippen molar-refractivity contribution in [3.63, 3.8) is 0 Å². The predicted molar refractivity (Wildman–Crippen MR) is 125 cm³/mol. The van der Waals surface area contributed by atoms with Crippen LogP contribution >= 0.6 is 0 Å². The number of ether oxygens (including phenoxy) is 1. The van der Waals surface area contributed by atoms with Gasteiger partial charge in [-0.3, -0.25) is 4.79 Å². The largest absolute Gasteiger partial charge is 0.381 e. The third-order valence-corrected chi connectivity index (χ3v) is 9.16. The van der Waals surface area contributed by atoms with Gasteiger partial charge >= 0.3 is 0 Å². The van der Waals surface area contributed by atoms with Crippen molar-refractivity contribution in [3.05, 3.63) is 71.0 Å². The van der Waals surface area contributed by atoms with E-state index in [-0.39, 0.29) is 17.9 Å². The minimum atomic E-state index is -3.59. The molecule has 1 amide bonds. The van der Waals surface area contributed by atoms with Crippen molar-refractivity contribution in [3.8, 4) is 0 Å². The Labute approximate surface area is 195 Å². The van der Waals surface area contributed by atoms with Crippen LogP contribution < -0.4 is 5.32 Å². The summed E-state index contributed by atoms with van der Waals surface area (Å²) < 4.78 is 48.8. The van der Waals surface area contributed by atoms with E-state index in [1.54, 1.807) is 6.07 Å². The number of nitrogens with zero attached hydrogens (tertiary/aromatic N) is 1. The number of halogens is 1. The molecule has 0 bridgehead atoms. The highest BCUT2D eigenvalue weighted by molar-refractivity contribution is 7.89. The molecule has 33 heavy (non-hydrogen) atoms. The maximum absolute atomic E-state index is 15.3. The molecule has 2 heterocycles.